The van der Waals surface area contributed by atoms with E-state index < -0.39 is 0 Å². The van der Waals surface area contributed by atoms with Crippen LogP contribution in [0, 0.1) is 5.92 Å². The predicted octanol–water partition coefficient (Wildman–Crippen LogP) is 1.26. The number of rotatable bonds is 1. The van der Waals surface area contributed by atoms with Crippen LogP contribution in [0.15, 0.2) is 41.6 Å². The first kappa shape index (κ1) is 11.6. The first-order valence-electron chi connectivity index (χ1n) is 7.02. The van der Waals surface area contributed by atoms with Crippen LogP contribution >= 0.6 is 0 Å². The lowest BCUT2D eigenvalue weighted by Crippen LogP contribution is -2.47. The van der Waals surface area contributed by atoms with Crippen molar-refractivity contribution in [2.24, 2.45) is 5.92 Å². The average Bonchev–Trinajstić information content (AvgIpc) is 2.49. The molecule has 2 aliphatic rings. The maximum atomic E-state index is 12.0. The number of fused-ring (bicyclic) bond motifs is 4. The Morgan fingerprint density at radius 3 is 2.95 bits per heavy atom. The van der Waals surface area contributed by atoms with Crippen LogP contribution in [0.25, 0.3) is 0 Å². The van der Waals surface area contributed by atoms with E-state index >= 15 is 0 Å². The van der Waals surface area contributed by atoms with Crippen molar-refractivity contribution < 1.29 is 0 Å². The minimum Gasteiger partial charge on any atom is -0.356 e. The number of pyridine rings is 1. The Balaban J connectivity index is 1.70. The molecule has 0 saturated carbocycles. The lowest BCUT2D eigenvalue weighted by atomic mass is 9.83. The molecule has 2 atom stereocenters. The Kier molecular flexibility index (Phi) is 2.58. The summed E-state index contributed by atoms with van der Waals surface area (Å²) < 4.78 is 1.95. The Morgan fingerprint density at radius 1 is 1.15 bits per heavy atom. The van der Waals surface area contributed by atoms with E-state index in [2.05, 4.69) is 20.9 Å². The molecule has 2 aliphatic heterocycles. The molecule has 5 heteroatoms. The van der Waals surface area contributed by atoms with Crippen molar-refractivity contribution in [3.8, 4) is 0 Å². The van der Waals surface area contributed by atoms with Gasteiger partial charge in [-0.25, -0.2) is 9.97 Å². The first-order valence-corrected chi connectivity index (χ1v) is 7.02. The van der Waals surface area contributed by atoms with Crippen molar-refractivity contribution in [2.45, 2.75) is 18.9 Å². The van der Waals surface area contributed by atoms with E-state index in [-0.39, 0.29) is 5.56 Å². The molecule has 2 unspecified atom stereocenters. The van der Waals surface area contributed by atoms with Gasteiger partial charge in [-0.15, -0.1) is 0 Å². The van der Waals surface area contributed by atoms with Crippen LogP contribution in [0.2, 0.25) is 0 Å². The van der Waals surface area contributed by atoms with Gasteiger partial charge in [0.25, 0.3) is 5.56 Å². The lowest BCUT2D eigenvalue weighted by Gasteiger charge is -2.43. The highest BCUT2D eigenvalue weighted by Gasteiger charge is 2.34. The topological polar surface area (TPSA) is 51.0 Å². The Bertz CT molecular complexity index is 682. The monoisotopic (exact) mass is 268 g/mol. The molecule has 0 aromatic carbocycles. The van der Waals surface area contributed by atoms with E-state index in [0.717, 1.165) is 25.5 Å². The summed E-state index contributed by atoms with van der Waals surface area (Å²) in [6.07, 6.45) is 4.55. The number of nitrogens with zero attached hydrogens (tertiary/aromatic N) is 4. The molecule has 4 heterocycles. The molecule has 5 nitrogen and oxygen atoms in total. The quantitative estimate of drug-likeness (QED) is 0.781. The first-order chi connectivity index (χ1) is 9.81. The van der Waals surface area contributed by atoms with Gasteiger partial charge in [-0.1, -0.05) is 6.07 Å². The van der Waals surface area contributed by atoms with Gasteiger partial charge in [-0.2, -0.15) is 0 Å². The van der Waals surface area contributed by atoms with E-state index in [1.807, 2.05) is 16.7 Å². The minimum absolute atomic E-state index is 0.132. The summed E-state index contributed by atoms with van der Waals surface area (Å²) in [4.78, 5) is 22.6. The zero-order valence-corrected chi connectivity index (χ0v) is 11.1. The molecule has 2 aromatic heterocycles. The molecule has 1 fully saturated rings. The Morgan fingerprint density at radius 2 is 2.10 bits per heavy atom. The van der Waals surface area contributed by atoms with Crippen LogP contribution < -0.4 is 10.5 Å². The maximum absolute atomic E-state index is 12.0. The molecule has 2 aromatic rings. The molecular formula is C15H16N4O. The standard InChI is InChI=1S/C15H16N4O/c20-15-3-1-2-13-12-6-11(8-19(13)15)7-18(9-12)14-4-5-16-10-17-14/h1-5,10-12H,6-9H2. The van der Waals surface area contributed by atoms with Crippen molar-refractivity contribution in [1.29, 1.82) is 0 Å². The van der Waals surface area contributed by atoms with Gasteiger partial charge in [0.1, 0.15) is 12.1 Å². The minimum atomic E-state index is 0.132. The zero-order chi connectivity index (χ0) is 13.5. The SMILES string of the molecule is O=c1cccc2n1CC1CC2CN(c2ccncn2)C1. The molecule has 4 rings (SSSR count). The fourth-order valence-electron chi connectivity index (χ4n) is 3.55. The average molecular weight is 268 g/mol. The largest absolute Gasteiger partial charge is 0.356 e. The summed E-state index contributed by atoms with van der Waals surface area (Å²) in [5.41, 5.74) is 1.31. The maximum Gasteiger partial charge on any atom is 0.250 e. The van der Waals surface area contributed by atoms with E-state index in [1.165, 1.54) is 12.1 Å². The normalized spacial score (nSPS) is 24.3. The molecule has 0 aliphatic carbocycles. The molecule has 0 amide bonds. The van der Waals surface area contributed by atoms with E-state index in [1.54, 1.807) is 18.6 Å². The second-order valence-electron chi connectivity index (χ2n) is 5.67. The summed E-state index contributed by atoms with van der Waals surface area (Å²) in [5.74, 6) is 1.93. The molecular weight excluding hydrogens is 252 g/mol. The lowest BCUT2D eigenvalue weighted by molar-refractivity contribution is 0.280. The molecule has 0 radical (unpaired) electrons. The second-order valence-corrected chi connectivity index (χ2v) is 5.67. The third-order valence-corrected chi connectivity index (χ3v) is 4.37. The summed E-state index contributed by atoms with van der Waals surface area (Å²) in [6.45, 7) is 2.72. The van der Waals surface area contributed by atoms with E-state index in [4.69, 9.17) is 0 Å². The highest BCUT2D eigenvalue weighted by molar-refractivity contribution is 5.39. The number of anilines is 1. The summed E-state index contributed by atoms with van der Waals surface area (Å²) in [6, 6.07) is 7.58. The van der Waals surface area contributed by atoms with Gasteiger partial charge < -0.3 is 9.47 Å². The zero-order valence-electron chi connectivity index (χ0n) is 11.1. The number of hydrogen-bond donors (Lipinski definition) is 0. The summed E-state index contributed by atoms with van der Waals surface area (Å²) in [5, 5.41) is 0. The van der Waals surface area contributed by atoms with Gasteiger partial charge in [0.15, 0.2) is 0 Å². The number of aromatic nitrogens is 3. The van der Waals surface area contributed by atoms with Crippen LogP contribution in [0.1, 0.15) is 18.0 Å². The van der Waals surface area contributed by atoms with Gasteiger partial charge >= 0.3 is 0 Å². The molecule has 2 bridgehead atoms. The molecule has 1 saturated heterocycles. The van der Waals surface area contributed by atoms with Gasteiger partial charge in [0, 0.05) is 43.5 Å². The number of hydrogen-bond acceptors (Lipinski definition) is 4. The van der Waals surface area contributed by atoms with Gasteiger partial charge in [0.2, 0.25) is 0 Å². The van der Waals surface area contributed by atoms with Crippen molar-refractivity contribution in [1.82, 2.24) is 14.5 Å². The van der Waals surface area contributed by atoms with Gasteiger partial charge in [0.05, 0.1) is 0 Å². The fraction of sp³-hybridized carbons (Fsp3) is 0.400. The Labute approximate surface area is 116 Å². The highest BCUT2D eigenvalue weighted by atomic mass is 16.1. The van der Waals surface area contributed by atoms with Gasteiger partial charge in [-0.05, 0) is 24.5 Å². The van der Waals surface area contributed by atoms with Crippen molar-refractivity contribution in [3.05, 3.63) is 52.8 Å². The second kappa shape index (κ2) is 4.44. The number of piperidine rings is 1. The van der Waals surface area contributed by atoms with E-state index in [9.17, 15) is 4.79 Å². The van der Waals surface area contributed by atoms with E-state index in [0.29, 0.717) is 11.8 Å². The Hall–Kier alpha value is -2.17. The van der Waals surface area contributed by atoms with Gasteiger partial charge in [-0.3, -0.25) is 4.79 Å². The molecule has 20 heavy (non-hydrogen) atoms. The molecule has 102 valence electrons. The smallest absolute Gasteiger partial charge is 0.250 e. The van der Waals surface area contributed by atoms with Crippen molar-refractivity contribution in [3.63, 3.8) is 0 Å². The van der Waals surface area contributed by atoms with Crippen LogP contribution in [0.3, 0.4) is 0 Å². The third-order valence-electron chi connectivity index (χ3n) is 4.37. The molecule has 0 spiro atoms. The fourth-order valence-corrected chi connectivity index (χ4v) is 3.55. The van der Waals surface area contributed by atoms with Crippen LogP contribution in [0.5, 0.6) is 0 Å². The van der Waals surface area contributed by atoms with Crippen LogP contribution in [0.4, 0.5) is 5.82 Å². The van der Waals surface area contributed by atoms with Crippen LogP contribution in [-0.4, -0.2) is 27.6 Å². The molecule has 0 N–H and O–H groups in total. The predicted molar refractivity (Wildman–Crippen MR) is 75.8 cm³/mol. The van der Waals surface area contributed by atoms with Crippen molar-refractivity contribution >= 4 is 5.82 Å². The summed E-state index contributed by atoms with van der Waals surface area (Å²) in [7, 11) is 0. The highest BCUT2D eigenvalue weighted by Crippen LogP contribution is 2.36. The summed E-state index contributed by atoms with van der Waals surface area (Å²) >= 11 is 0. The third kappa shape index (κ3) is 1.81. The van der Waals surface area contributed by atoms with Crippen molar-refractivity contribution in [2.75, 3.05) is 18.0 Å². The van der Waals surface area contributed by atoms with Crippen LogP contribution in [-0.2, 0) is 6.54 Å².